The first-order valence-corrected chi connectivity index (χ1v) is 3.65. The summed E-state index contributed by atoms with van der Waals surface area (Å²) in [6.45, 7) is 3.45. The first kappa shape index (κ1) is 9.82. The Bertz CT molecular complexity index is 78.2. The summed E-state index contributed by atoms with van der Waals surface area (Å²) >= 11 is 0. The molecule has 0 aromatic heterocycles. The second-order valence-corrected chi connectivity index (χ2v) is 2.60. The van der Waals surface area contributed by atoms with E-state index in [2.05, 4.69) is 5.32 Å². The quantitative estimate of drug-likeness (QED) is 0.593. The zero-order valence-corrected chi connectivity index (χ0v) is 6.58. The van der Waals surface area contributed by atoms with Crippen LogP contribution < -0.4 is 5.32 Å². The molecule has 3 heteroatoms. The van der Waals surface area contributed by atoms with Gasteiger partial charge in [-0.2, -0.15) is 0 Å². The maximum atomic E-state index is 12.1. The number of alkyl halides is 2. The van der Waals surface area contributed by atoms with Crippen LogP contribution in [0.5, 0.6) is 0 Å². The molecule has 0 rings (SSSR count). The van der Waals surface area contributed by atoms with E-state index in [4.69, 9.17) is 0 Å². The standard InChI is InChI=1S/C7H15F2N/c1-3-4-5-10-6-7(2,8)9/h10H,3-6H2,1-2H3. The van der Waals surface area contributed by atoms with E-state index in [1.165, 1.54) is 0 Å². The lowest BCUT2D eigenvalue weighted by atomic mass is 10.3. The van der Waals surface area contributed by atoms with Crippen LogP contribution in [0, 0.1) is 0 Å². The number of unbranched alkanes of at least 4 members (excludes halogenated alkanes) is 1. The van der Waals surface area contributed by atoms with Gasteiger partial charge in [0.1, 0.15) is 0 Å². The molecule has 0 saturated carbocycles. The van der Waals surface area contributed by atoms with Crippen LogP contribution in [0.4, 0.5) is 8.78 Å². The average molecular weight is 151 g/mol. The van der Waals surface area contributed by atoms with Crippen LogP contribution in [0.1, 0.15) is 26.7 Å². The molecule has 0 aliphatic rings. The van der Waals surface area contributed by atoms with Crippen molar-refractivity contribution in [2.45, 2.75) is 32.6 Å². The summed E-state index contributed by atoms with van der Waals surface area (Å²) in [7, 11) is 0. The highest BCUT2D eigenvalue weighted by Gasteiger charge is 2.19. The topological polar surface area (TPSA) is 12.0 Å². The molecule has 0 aliphatic heterocycles. The highest BCUT2D eigenvalue weighted by atomic mass is 19.3. The van der Waals surface area contributed by atoms with E-state index >= 15 is 0 Å². The van der Waals surface area contributed by atoms with Gasteiger partial charge >= 0.3 is 0 Å². The normalized spacial score (nSPS) is 12.0. The third-order valence-electron chi connectivity index (χ3n) is 1.14. The Morgan fingerprint density at radius 3 is 2.40 bits per heavy atom. The minimum absolute atomic E-state index is 0.201. The number of hydrogen-bond donors (Lipinski definition) is 1. The van der Waals surface area contributed by atoms with Crippen molar-refractivity contribution in [2.75, 3.05) is 13.1 Å². The molecule has 0 unspecified atom stereocenters. The summed E-state index contributed by atoms with van der Waals surface area (Å²) < 4.78 is 24.2. The Morgan fingerprint density at radius 1 is 1.40 bits per heavy atom. The van der Waals surface area contributed by atoms with Crippen LogP contribution in [0.15, 0.2) is 0 Å². The lowest BCUT2D eigenvalue weighted by molar-refractivity contribution is 0.0229. The highest BCUT2D eigenvalue weighted by Crippen LogP contribution is 2.08. The van der Waals surface area contributed by atoms with E-state index in [0.717, 1.165) is 19.8 Å². The van der Waals surface area contributed by atoms with Crippen molar-refractivity contribution >= 4 is 0 Å². The fraction of sp³-hybridized carbons (Fsp3) is 1.00. The molecule has 0 spiro atoms. The van der Waals surface area contributed by atoms with Crippen molar-refractivity contribution in [3.8, 4) is 0 Å². The fourth-order valence-corrected chi connectivity index (χ4v) is 0.610. The van der Waals surface area contributed by atoms with E-state index in [9.17, 15) is 8.78 Å². The van der Waals surface area contributed by atoms with E-state index in [-0.39, 0.29) is 6.54 Å². The molecule has 0 heterocycles. The molecular weight excluding hydrogens is 136 g/mol. The van der Waals surface area contributed by atoms with Gasteiger partial charge < -0.3 is 5.32 Å². The van der Waals surface area contributed by atoms with Gasteiger partial charge in [-0.1, -0.05) is 13.3 Å². The van der Waals surface area contributed by atoms with Crippen molar-refractivity contribution in [3.05, 3.63) is 0 Å². The number of nitrogens with one attached hydrogen (secondary N) is 1. The van der Waals surface area contributed by atoms with Crippen LogP contribution in [0.2, 0.25) is 0 Å². The largest absolute Gasteiger partial charge is 0.311 e. The third-order valence-corrected chi connectivity index (χ3v) is 1.14. The summed E-state index contributed by atoms with van der Waals surface area (Å²) in [5.41, 5.74) is 0. The first-order chi connectivity index (χ1) is 4.56. The smallest absolute Gasteiger partial charge is 0.257 e. The van der Waals surface area contributed by atoms with Crippen LogP contribution in [0.25, 0.3) is 0 Å². The molecule has 10 heavy (non-hydrogen) atoms. The monoisotopic (exact) mass is 151 g/mol. The van der Waals surface area contributed by atoms with E-state index < -0.39 is 5.92 Å². The van der Waals surface area contributed by atoms with Gasteiger partial charge in [0.2, 0.25) is 0 Å². The summed E-state index contributed by atoms with van der Waals surface area (Å²) in [5.74, 6) is -2.56. The molecule has 0 saturated heterocycles. The van der Waals surface area contributed by atoms with Gasteiger partial charge in [-0.25, -0.2) is 8.78 Å². The second-order valence-electron chi connectivity index (χ2n) is 2.60. The summed E-state index contributed by atoms with van der Waals surface area (Å²) in [4.78, 5) is 0. The molecule has 1 nitrogen and oxygen atoms in total. The van der Waals surface area contributed by atoms with Gasteiger partial charge in [-0.15, -0.1) is 0 Å². The molecule has 0 amide bonds. The van der Waals surface area contributed by atoms with Crippen LogP contribution in [-0.4, -0.2) is 19.0 Å². The molecule has 62 valence electrons. The number of hydrogen-bond acceptors (Lipinski definition) is 1. The van der Waals surface area contributed by atoms with Gasteiger partial charge in [0.15, 0.2) is 0 Å². The zero-order valence-electron chi connectivity index (χ0n) is 6.58. The van der Waals surface area contributed by atoms with Crippen LogP contribution in [-0.2, 0) is 0 Å². The maximum absolute atomic E-state index is 12.1. The van der Waals surface area contributed by atoms with Crippen molar-refractivity contribution < 1.29 is 8.78 Å². The zero-order chi connectivity index (χ0) is 8.04. The predicted molar refractivity (Wildman–Crippen MR) is 38.4 cm³/mol. The molecule has 0 aromatic carbocycles. The van der Waals surface area contributed by atoms with Crippen molar-refractivity contribution in [1.82, 2.24) is 5.32 Å². The summed E-state index contributed by atoms with van der Waals surface area (Å²) in [6.07, 6.45) is 2.01. The molecule has 0 radical (unpaired) electrons. The van der Waals surface area contributed by atoms with Crippen LogP contribution in [0.3, 0.4) is 0 Å². The molecule has 0 atom stereocenters. The fourth-order valence-electron chi connectivity index (χ4n) is 0.610. The maximum Gasteiger partial charge on any atom is 0.257 e. The number of rotatable bonds is 5. The van der Waals surface area contributed by atoms with E-state index in [0.29, 0.717) is 6.54 Å². The van der Waals surface area contributed by atoms with Gasteiger partial charge in [0, 0.05) is 6.92 Å². The molecule has 0 fully saturated rings. The Kier molecular flexibility index (Phi) is 4.52. The predicted octanol–water partition coefficient (Wildman–Crippen LogP) is 2.03. The highest BCUT2D eigenvalue weighted by molar-refractivity contribution is 4.61. The summed E-state index contributed by atoms with van der Waals surface area (Å²) in [6, 6.07) is 0. The minimum atomic E-state index is -2.56. The number of halogens is 2. The van der Waals surface area contributed by atoms with Crippen molar-refractivity contribution in [1.29, 1.82) is 0 Å². The Balaban J connectivity index is 3.04. The Morgan fingerprint density at radius 2 is 2.00 bits per heavy atom. The third kappa shape index (κ3) is 7.82. The average Bonchev–Trinajstić information content (AvgIpc) is 1.78. The van der Waals surface area contributed by atoms with Crippen LogP contribution >= 0.6 is 0 Å². The Hall–Kier alpha value is -0.180. The minimum Gasteiger partial charge on any atom is -0.311 e. The summed E-state index contributed by atoms with van der Waals surface area (Å²) in [5, 5.41) is 2.68. The second kappa shape index (κ2) is 4.61. The Labute approximate surface area is 60.8 Å². The van der Waals surface area contributed by atoms with E-state index in [1.807, 2.05) is 6.92 Å². The van der Waals surface area contributed by atoms with Gasteiger partial charge in [-0.3, -0.25) is 0 Å². The first-order valence-electron chi connectivity index (χ1n) is 3.65. The van der Waals surface area contributed by atoms with Gasteiger partial charge in [-0.05, 0) is 13.0 Å². The van der Waals surface area contributed by atoms with Crippen molar-refractivity contribution in [3.63, 3.8) is 0 Å². The van der Waals surface area contributed by atoms with Gasteiger partial charge in [0.05, 0.1) is 6.54 Å². The molecule has 0 aromatic rings. The molecule has 1 N–H and O–H groups in total. The van der Waals surface area contributed by atoms with E-state index in [1.54, 1.807) is 0 Å². The SMILES string of the molecule is CCCCNCC(C)(F)F. The lowest BCUT2D eigenvalue weighted by Crippen LogP contribution is -2.30. The lowest BCUT2D eigenvalue weighted by Gasteiger charge is -2.10. The molecule has 0 aliphatic carbocycles. The molecule has 0 bridgehead atoms. The van der Waals surface area contributed by atoms with Gasteiger partial charge in [0.25, 0.3) is 5.92 Å². The van der Waals surface area contributed by atoms with Crippen molar-refractivity contribution in [2.24, 2.45) is 0 Å². The molecular formula is C7H15F2N.